The van der Waals surface area contributed by atoms with Crippen molar-refractivity contribution in [1.82, 2.24) is 9.71 Å². The summed E-state index contributed by atoms with van der Waals surface area (Å²) in [6.07, 6.45) is 1.63. The first kappa shape index (κ1) is 14.5. The summed E-state index contributed by atoms with van der Waals surface area (Å²) >= 11 is 0. The Morgan fingerprint density at radius 2 is 2.00 bits per heavy atom. The SMILES string of the molecule is Cc1ccc(S(=O)(=O)NC(C)c2ccccn2)cc1N. The fourth-order valence-electron chi connectivity index (χ4n) is 1.78. The number of nitrogens with two attached hydrogens (primary N) is 1. The summed E-state index contributed by atoms with van der Waals surface area (Å²) in [5.41, 5.74) is 7.72. The van der Waals surface area contributed by atoms with E-state index in [0.717, 1.165) is 5.56 Å². The number of benzene rings is 1. The van der Waals surface area contributed by atoms with E-state index in [4.69, 9.17) is 5.73 Å². The molecule has 0 fully saturated rings. The highest BCUT2D eigenvalue weighted by Crippen LogP contribution is 2.19. The summed E-state index contributed by atoms with van der Waals surface area (Å²) in [5.74, 6) is 0. The number of rotatable bonds is 4. The molecule has 0 radical (unpaired) electrons. The lowest BCUT2D eigenvalue weighted by molar-refractivity contribution is 0.564. The third-order valence-corrected chi connectivity index (χ3v) is 4.56. The van der Waals surface area contributed by atoms with Crippen LogP contribution in [0, 0.1) is 6.92 Å². The second-order valence-corrected chi connectivity index (χ2v) is 6.33. The average Bonchev–Trinajstić information content (AvgIpc) is 2.42. The third-order valence-electron chi connectivity index (χ3n) is 3.02. The van der Waals surface area contributed by atoms with Crippen molar-refractivity contribution >= 4 is 15.7 Å². The first-order valence-corrected chi connectivity index (χ1v) is 7.68. The van der Waals surface area contributed by atoms with Crippen molar-refractivity contribution in [2.75, 3.05) is 5.73 Å². The minimum absolute atomic E-state index is 0.156. The molecule has 1 heterocycles. The van der Waals surface area contributed by atoms with Crippen LogP contribution in [-0.4, -0.2) is 13.4 Å². The van der Waals surface area contributed by atoms with E-state index in [-0.39, 0.29) is 4.90 Å². The molecule has 106 valence electrons. The normalized spacial score (nSPS) is 13.1. The second-order valence-electron chi connectivity index (χ2n) is 4.62. The number of anilines is 1. The quantitative estimate of drug-likeness (QED) is 0.844. The number of nitrogens with zero attached hydrogens (tertiary/aromatic N) is 1. The Bertz CT molecular complexity index is 700. The maximum Gasteiger partial charge on any atom is 0.241 e. The summed E-state index contributed by atoms with van der Waals surface area (Å²) in [6.45, 7) is 3.58. The van der Waals surface area contributed by atoms with E-state index in [1.807, 2.05) is 13.0 Å². The number of nitrogens with one attached hydrogen (secondary N) is 1. The van der Waals surface area contributed by atoms with Crippen molar-refractivity contribution in [3.8, 4) is 0 Å². The molecular weight excluding hydrogens is 274 g/mol. The monoisotopic (exact) mass is 291 g/mol. The van der Waals surface area contributed by atoms with Gasteiger partial charge in [-0.15, -0.1) is 0 Å². The predicted molar refractivity (Wildman–Crippen MR) is 78.6 cm³/mol. The molecule has 0 saturated carbocycles. The Morgan fingerprint density at radius 3 is 2.60 bits per heavy atom. The molecule has 0 saturated heterocycles. The van der Waals surface area contributed by atoms with Crippen LogP contribution in [0.3, 0.4) is 0 Å². The molecule has 0 aliphatic heterocycles. The van der Waals surface area contributed by atoms with Gasteiger partial charge in [-0.3, -0.25) is 4.98 Å². The summed E-state index contributed by atoms with van der Waals surface area (Å²) in [6, 6.07) is 9.65. The molecular formula is C14H17N3O2S. The molecule has 0 aliphatic carbocycles. The van der Waals surface area contributed by atoms with Gasteiger partial charge in [-0.05, 0) is 43.7 Å². The second kappa shape index (κ2) is 5.60. The summed E-state index contributed by atoms with van der Waals surface area (Å²) in [5, 5.41) is 0. The van der Waals surface area contributed by atoms with E-state index in [1.165, 1.54) is 6.07 Å². The maximum absolute atomic E-state index is 12.3. The van der Waals surface area contributed by atoms with Crippen molar-refractivity contribution in [1.29, 1.82) is 0 Å². The average molecular weight is 291 g/mol. The lowest BCUT2D eigenvalue weighted by atomic mass is 10.2. The van der Waals surface area contributed by atoms with E-state index in [9.17, 15) is 8.42 Å². The number of aromatic nitrogens is 1. The number of pyridine rings is 1. The highest BCUT2D eigenvalue weighted by atomic mass is 32.2. The lowest BCUT2D eigenvalue weighted by Gasteiger charge is -2.14. The number of sulfonamides is 1. The Balaban J connectivity index is 2.25. The van der Waals surface area contributed by atoms with Crippen LogP contribution in [0.2, 0.25) is 0 Å². The van der Waals surface area contributed by atoms with Gasteiger partial charge in [-0.2, -0.15) is 0 Å². The van der Waals surface area contributed by atoms with Crippen molar-refractivity contribution in [2.24, 2.45) is 0 Å². The first-order valence-electron chi connectivity index (χ1n) is 6.19. The summed E-state index contributed by atoms with van der Waals surface area (Å²) in [4.78, 5) is 4.29. The molecule has 2 rings (SSSR count). The molecule has 1 atom stereocenters. The Kier molecular flexibility index (Phi) is 4.06. The molecule has 1 aromatic heterocycles. The molecule has 1 unspecified atom stereocenters. The predicted octanol–water partition coefficient (Wildman–Crippen LogP) is 2.01. The van der Waals surface area contributed by atoms with Gasteiger partial charge in [0, 0.05) is 11.9 Å². The summed E-state index contributed by atoms with van der Waals surface area (Å²) < 4.78 is 27.2. The molecule has 6 heteroatoms. The molecule has 2 aromatic rings. The maximum atomic E-state index is 12.3. The largest absolute Gasteiger partial charge is 0.398 e. The van der Waals surface area contributed by atoms with Gasteiger partial charge in [0.1, 0.15) is 0 Å². The van der Waals surface area contributed by atoms with E-state index in [0.29, 0.717) is 11.4 Å². The van der Waals surface area contributed by atoms with E-state index in [1.54, 1.807) is 37.4 Å². The smallest absolute Gasteiger partial charge is 0.241 e. The zero-order valence-electron chi connectivity index (χ0n) is 11.4. The minimum Gasteiger partial charge on any atom is -0.398 e. The number of aryl methyl sites for hydroxylation is 1. The van der Waals surface area contributed by atoms with Crippen LogP contribution in [0.15, 0.2) is 47.5 Å². The van der Waals surface area contributed by atoms with Crippen LogP contribution in [-0.2, 0) is 10.0 Å². The highest BCUT2D eigenvalue weighted by molar-refractivity contribution is 7.89. The fourth-order valence-corrected chi connectivity index (χ4v) is 3.03. The number of hydrogen-bond acceptors (Lipinski definition) is 4. The molecule has 5 nitrogen and oxygen atoms in total. The van der Waals surface area contributed by atoms with Crippen LogP contribution in [0.4, 0.5) is 5.69 Å². The number of nitrogen functional groups attached to an aromatic ring is 1. The molecule has 0 bridgehead atoms. The minimum atomic E-state index is -3.62. The Hall–Kier alpha value is -1.92. The molecule has 0 spiro atoms. The standard InChI is InChI=1S/C14H17N3O2S/c1-10-6-7-12(9-13(10)15)20(18,19)17-11(2)14-5-3-4-8-16-14/h3-9,11,17H,15H2,1-2H3. The van der Waals surface area contributed by atoms with Crippen LogP contribution in [0.25, 0.3) is 0 Å². The van der Waals surface area contributed by atoms with Gasteiger partial charge in [0.15, 0.2) is 0 Å². The third kappa shape index (κ3) is 3.15. The molecule has 0 amide bonds. The van der Waals surface area contributed by atoms with Gasteiger partial charge in [0.05, 0.1) is 16.6 Å². The van der Waals surface area contributed by atoms with Crippen molar-refractivity contribution in [2.45, 2.75) is 24.8 Å². The van der Waals surface area contributed by atoms with Gasteiger partial charge < -0.3 is 5.73 Å². The van der Waals surface area contributed by atoms with Crippen molar-refractivity contribution < 1.29 is 8.42 Å². The lowest BCUT2D eigenvalue weighted by Crippen LogP contribution is -2.27. The Morgan fingerprint density at radius 1 is 1.25 bits per heavy atom. The molecule has 20 heavy (non-hydrogen) atoms. The van der Waals surface area contributed by atoms with Gasteiger partial charge >= 0.3 is 0 Å². The van der Waals surface area contributed by atoms with E-state index < -0.39 is 16.1 Å². The van der Waals surface area contributed by atoms with Crippen LogP contribution in [0.1, 0.15) is 24.2 Å². The van der Waals surface area contributed by atoms with Crippen molar-refractivity contribution in [3.63, 3.8) is 0 Å². The van der Waals surface area contributed by atoms with Gasteiger partial charge in [-0.1, -0.05) is 12.1 Å². The van der Waals surface area contributed by atoms with Crippen LogP contribution >= 0.6 is 0 Å². The van der Waals surface area contributed by atoms with E-state index in [2.05, 4.69) is 9.71 Å². The van der Waals surface area contributed by atoms with Gasteiger partial charge in [0.25, 0.3) is 0 Å². The Labute approximate surface area is 118 Å². The topological polar surface area (TPSA) is 85.1 Å². The van der Waals surface area contributed by atoms with E-state index >= 15 is 0 Å². The van der Waals surface area contributed by atoms with Crippen LogP contribution < -0.4 is 10.5 Å². The zero-order valence-corrected chi connectivity index (χ0v) is 12.2. The fraction of sp³-hybridized carbons (Fsp3) is 0.214. The van der Waals surface area contributed by atoms with Gasteiger partial charge in [-0.25, -0.2) is 13.1 Å². The van der Waals surface area contributed by atoms with Crippen LogP contribution in [0.5, 0.6) is 0 Å². The molecule has 0 aliphatic rings. The first-order chi connectivity index (χ1) is 9.40. The van der Waals surface area contributed by atoms with Gasteiger partial charge in [0.2, 0.25) is 10.0 Å². The van der Waals surface area contributed by atoms with Crippen molar-refractivity contribution in [3.05, 3.63) is 53.9 Å². The summed E-state index contributed by atoms with van der Waals surface area (Å²) in [7, 11) is -3.62. The molecule has 3 N–H and O–H groups in total. The molecule has 1 aromatic carbocycles. The zero-order chi connectivity index (χ0) is 14.8. The highest BCUT2D eigenvalue weighted by Gasteiger charge is 2.19. The number of hydrogen-bond donors (Lipinski definition) is 2.